The predicted molar refractivity (Wildman–Crippen MR) is 104 cm³/mol. The zero-order chi connectivity index (χ0) is 20.4. The highest BCUT2D eigenvalue weighted by Crippen LogP contribution is 2.38. The second-order valence-corrected chi connectivity index (χ2v) is 9.32. The molecule has 27 heavy (non-hydrogen) atoms. The molecule has 0 fully saturated rings. The maximum absolute atomic E-state index is 12.8. The highest BCUT2D eigenvalue weighted by Gasteiger charge is 2.23. The number of halogens is 4. The molecule has 1 amide bonds. The molecule has 2 aromatic carbocycles. The van der Waals surface area contributed by atoms with Crippen molar-refractivity contribution < 1.29 is 22.0 Å². The van der Waals surface area contributed by atoms with E-state index in [1.807, 2.05) is 0 Å². The van der Waals surface area contributed by atoms with Crippen LogP contribution in [0.4, 0.5) is 14.5 Å². The summed E-state index contributed by atoms with van der Waals surface area (Å²) in [4.78, 5) is 12.3. The quantitative estimate of drug-likeness (QED) is 0.635. The molecule has 0 unspecified atom stereocenters. The van der Waals surface area contributed by atoms with Crippen molar-refractivity contribution in [2.75, 3.05) is 19.4 Å². The molecule has 0 aliphatic heterocycles. The van der Waals surface area contributed by atoms with Crippen LogP contribution < -0.4 is 5.32 Å². The summed E-state index contributed by atoms with van der Waals surface area (Å²) in [5.74, 6) is -3.42. The average Bonchev–Trinajstić information content (AvgIpc) is 2.57. The van der Waals surface area contributed by atoms with E-state index >= 15 is 0 Å². The topological polar surface area (TPSA) is 66.5 Å². The van der Waals surface area contributed by atoms with Crippen LogP contribution in [0.3, 0.4) is 0 Å². The number of carbonyl (C=O) groups is 1. The van der Waals surface area contributed by atoms with Crippen LogP contribution in [0.25, 0.3) is 0 Å². The number of sulfonamides is 1. The number of carbonyl (C=O) groups excluding carboxylic acids is 1. The van der Waals surface area contributed by atoms with Gasteiger partial charge in [0.2, 0.25) is 10.0 Å². The Morgan fingerprint density at radius 1 is 1.15 bits per heavy atom. The van der Waals surface area contributed by atoms with Gasteiger partial charge in [-0.1, -0.05) is 41.0 Å². The molecule has 0 aliphatic carbocycles. The summed E-state index contributed by atoms with van der Waals surface area (Å²) in [6.45, 7) is 0. The molecule has 0 saturated heterocycles. The summed E-state index contributed by atoms with van der Waals surface area (Å²) in [6.07, 6.45) is 0. The summed E-state index contributed by atoms with van der Waals surface area (Å²) < 4.78 is 51.1. The van der Waals surface area contributed by atoms with E-state index < -0.39 is 21.7 Å². The molecule has 2 aromatic rings. The van der Waals surface area contributed by atoms with Crippen molar-refractivity contribution in [1.82, 2.24) is 4.31 Å². The van der Waals surface area contributed by atoms with Crippen LogP contribution in [0.5, 0.6) is 0 Å². The van der Waals surface area contributed by atoms with Gasteiger partial charge in [0, 0.05) is 19.7 Å². The molecule has 0 spiro atoms. The molecule has 11 heteroatoms. The fraction of sp³-hybridized carbons (Fsp3) is 0.188. The first-order valence-electron chi connectivity index (χ1n) is 7.30. The number of amides is 1. The molecular formula is C16H14Cl2F2N2O3S2. The Morgan fingerprint density at radius 3 is 2.41 bits per heavy atom. The number of alkyl halides is 2. The molecule has 1 N–H and O–H groups in total. The van der Waals surface area contributed by atoms with Gasteiger partial charge in [-0.05, 0) is 30.3 Å². The minimum absolute atomic E-state index is 0.00667. The smallest absolute Gasteiger partial charge is 0.289 e. The van der Waals surface area contributed by atoms with Crippen molar-refractivity contribution in [3.05, 3.63) is 52.0 Å². The van der Waals surface area contributed by atoms with E-state index in [1.165, 1.54) is 44.4 Å². The van der Waals surface area contributed by atoms with Crippen molar-refractivity contribution in [3.8, 4) is 0 Å². The SMILES string of the molecule is CN(C)S(=O)(=O)c1cc(C(=O)Nc2cccc(Cl)c2SC(F)F)ccc1Cl. The van der Waals surface area contributed by atoms with Crippen molar-refractivity contribution >= 4 is 56.6 Å². The number of hydrogen-bond donors (Lipinski definition) is 1. The first kappa shape index (κ1) is 21.9. The first-order valence-corrected chi connectivity index (χ1v) is 10.4. The minimum atomic E-state index is -3.87. The molecule has 2 rings (SSSR count). The van der Waals surface area contributed by atoms with Gasteiger partial charge in [-0.2, -0.15) is 8.78 Å². The molecule has 0 bridgehead atoms. The molecule has 0 heterocycles. The fourth-order valence-electron chi connectivity index (χ4n) is 2.05. The van der Waals surface area contributed by atoms with E-state index in [9.17, 15) is 22.0 Å². The number of benzene rings is 2. The lowest BCUT2D eigenvalue weighted by atomic mass is 10.2. The van der Waals surface area contributed by atoms with Crippen LogP contribution in [0.15, 0.2) is 46.2 Å². The second kappa shape index (κ2) is 8.74. The maximum atomic E-state index is 12.8. The van der Waals surface area contributed by atoms with E-state index in [4.69, 9.17) is 23.2 Å². The minimum Gasteiger partial charge on any atom is -0.321 e. The van der Waals surface area contributed by atoms with Crippen molar-refractivity contribution in [1.29, 1.82) is 0 Å². The predicted octanol–water partition coefficient (Wildman–Crippen LogP) is 4.81. The second-order valence-electron chi connectivity index (χ2n) is 5.38. The molecule has 5 nitrogen and oxygen atoms in total. The van der Waals surface area contributed by atoms with E-state index in [-0.39, 0.29) is 42.8 Å². The van der Waals surface area contributed by atoms with Gasteiger partial charge < -0.3 is 5.32 Å². The van der Waals surface area contributed by atoms with Gasteiger partial charge >= 0.3 is 0 Å². The number of hydrogen-bond acceptors (Lipinski definition) is 4. The lowest BCUT2D eigenvalue weighted by Crippen LogP contribution is -2.23. The standard InChI is InChI=1S/C16H14Cl2F2N2O3S2/c1-22(2)27(24,25)13-8-9(6-7-10(13)17)15(23)21-12-5-3-4-11(18)14(12)26-16(19)20/h3-8,16H,1-2H3,(H,21,23). The maximum Gasteiger partial charge on any atom is 0.289 e. The molecule has 146 valence electrons. The number of nitrogens with zero attached hydrogens (tertiary/aromatic N) is 1. The normalized spacial score (nSPS) is 11.9. The molecule has 0 saturated carbocycles. The molecule has 0 radical (unpaired) electrons. The van der Waals surface area contributed by atoms with Gasteiger partial charge in [-0.3, -0.25) is 4.79 Å². The average molecular weight is 455 g/mol. The summed E-state index contributed by atoms with van der Waals surface area (Å²) in [5, 5.41) is 2.49. The zero-order valence-electron chi connectivity index (χ0n) is 14.0. The number of thioether (sulfide) groups is 1. The molecule has 0 aromatic heterocycles. The Bertz CT molecular complexity index is 970. The lowest BCUT2D eigenvalue weighted by Gasteiger charge is -2.15. The zero-order valence-corrected chi connectivity index (χ0v) is 17.2. The van der Waals surface area contributed by atoms with Gasteiger partial charge in [-0.15, -0.1) is 0 Å². The Morgan fingerprint density at radius 2 is 1.81 bits per heavy atom. The van der Waals surface area contributed by atoms with Crippen LogP contribution in [-0.4, -0.2) is 38.5 Å². The van der Waals surface area contributed by atoms with Crippen molar-refractivity contribution in [2.24, 2.45) is 0 Å². The fourth-order valence-corrected chi connectivity index (χ4v) is 4.36. The van der Waals surface area contributed by atoms with Crippen LogP contribution in [0.1, 0.15) is 10.4 Å². The van der Waals surface area contributed by atoms with Gasteiger partial charge in [-0.25, -0.2) is 12.7 Å². The Hall–Kier alpha value is -1.39. The van der Waals surface area contributed by atoms with Gasteiger partial charge in [0.05, 0.1) is 20.6 Å². The summed E-state index contributed by atoms with van der Waals surface area (Å²) in [6, 6.07) is 8.07. The van der Waals surface area contributed by atoms with E-state index in [0.717, 1.165) is 10.4 Å². The summed E-state index contributed by atoms with van der Waals surface area (Å²) in [7, 11) is -1.21. The number of rotatable bonds is 6. The third-order valence-electron chi connectivity index (χ3n) is 3.37. The Labute approximate surface area is 169 Å². The van der Waals surface area contributed by atoms with E-state index in [0.29, 0.717) is 0 Å². The number of nitrogens with one attached hydrogen (secondary N) is 1. The monoisotopic (exact) mass is 454 g/mol. The summed E-state index contributed by atoms with van der Waals surface area (Å²) in [5.41, 5.74) is 0.0811. The van der Waals surface area contributed by atoms with Crippen LogP contribution in [-0.2, 0) is 10.0 Å². The lowest BCUT2D eigenvalue weighted by molar-refractivity contribution is 0.102. The van der Waals surface area contributed by atoms with E-state index in [2.05, 4.69) is 5.32 Å². The van der Waals surface area contributed by atoms with Gasteiger partial charge in [0.1, 0.15) is 4.90 Å². The highest BCUT2D eigenvalue weighted by molar-refractivity contribution is 7.99. The molecule has 0 aliphatic rings. The third-order valence-corrected chi connectivity index (χ3v) is 6.95. The molecule has 0 atom stereocenters. The van der Waals surface area contributed by atoms with Gasteiger partial charge in [0.25, 0.3) is 11.7 Å². The highest BCUT2D eigenvalue weighted by atomic mass is 35.5. The third kappa shape index (κ3) is 5.11. The van der Waals surface area contributed by atoms with Crippen molar-refractivity contribution in [2.45, 2.75) is 15.5 Å². The van der Waals surface area contributed by atoms with Crippen LogP contribution in [0.2, 0.25) is 10.0 Å². The van der Waals surface area contributed by atoms with E-state index in [1.54, 1.807) is 0 Å². The Kier molecular flexibility index (Phi) is 7.09. The first-order chi connectivity index (χ1) is 12.5. The molecular weight excluding hydrogens is 441 g/mol. The Balaban J connectivity index is 2.40. The largest absolute Gasteiger partial charge is 0.321 e. The van der Waals surface area contributed by atoms with Gasteiger partial charge in [0.15, 0.2) is 0 Å². The number of anilines is 1. The summed E-state index contributed by atoms with van der Waals surface area (Å²) >= 11 is 12.1. The van der Waals surface area contributed by atoms with Crippen LogP contribution in [0, 0.1) is 0 Å². The van der Waals surface area contributed by atoms with Crippen molar-refractivity contribution in [3.63, 3.8) is 0 Å². The van der Waals surface area contributed by atoms with Crippen LogP contribution >= 0.6 is 35.0 Å².